The fourth-order valence-electron chi connectivity index (χ4n) is 3.15. The molecule has 0 unspecified atom stereocenters. The van der Waals surface area contributed by atoms with Gasteiger partial charge in [0.25, 0.3) is 0 Å². The average Bonchev–Trinajstić information content (AvgIpc) is 3.27. The van der Waals surface area contributed by atoms with Crippen molar-refractivity contribution < 1.29 is 18.1 Å². The molecule has 2 amide bonds. The minimum absolute atomic E-state index is 0.127. The lowest BCUT2D eigenvalue weighted by atomic mass is 10.0. The third kappa shape index (κ3) is 3.18. The maximum Gasteiger partial charge on any atom is 0.322 e. The molecule has 1 aliphatic rings. The van der Waals surface area contributed by atoms with Crippen LogP contribution in [0, 0.1) is 18.6 Å². The van der Waals surface area contributed by atoms with Crippen LogP contribution in [0.1, 0.15) is 23.7 Å². The van der Waals surface area contributed by atoms with Crippen molar-refractivity contribution in [2.75, 3.05) is 5.32 Å². The number of carbonyl (C=O) groups is 1. The lowest BCUT2D eigenvalue weighted by molar-refractivity contribution is 0.182. The SMILES string of the molecule is Cc1cc(NC(=O)N2Cc3c(noc3-c3nccs3)C[C@@H]2C)cc(F)c1F. The van der Waals surface area contributed by atoms with Gasteiger partial charge in [-0.2, -0.15) is 0 Å². The van der Waals surface area contributed by atoms with Gasteiger partial charge in [0, 0.05) is 41.4 Å². The Balaban J connectivity index is 1.58. The summed E-state index contributed by atoms with van der Waals surface area (Å²) in [7, 11) is 0. The van der Waals surface area contributed by atoms with Crippen molar-refractivity contribution in [3.05, 3.63) is 52.2 Å². The monoisotopic (exact) mass is 390 g/mol. The molecule has 140 valence electrons. The second kappa shape index (κ2) is 6.73. The number of hydrogen-bond acceptors (Lipinski definition) is 5. The zero-order chi connectivity index (χ0) is 19.1. The third-order valence-electron chi connectivity index (χ3n) is 4.57. The first-order chi connectivity index (χ1) is 12.9. The minimum Gasteiger partial charge on any atom is -0.353 e. The number of fused-ring (bicyclic) bond motifs is 1. The number of benzene rings is 1. The molecule has 3 heterocycles. The summed E-state index contributed by atoms with van der Waals surface area (Å²) in [6, 6.07) is 1.85. The fraction of sp³-hybridized carbons (Fsp3) is 0.278. The van der Waals surface area contributed by atoms with Crippen molar-refractivity contribution in [2.45, 2.75) is 32.9 Å². The molecule has 2 aromatic heterocycles. The topological polar surface area (TPSA) is 71.3 Å². The van der Waals surface area contributed by atoms with E-state index in [1.54, 1.807) is 11.1 Å². The molecule has 0 spiro atoms. The van der Waals surface area contributed by atoms with Gasteiger partial charge in [0.15, 0.2) is 16.6 Å². The number of aryl methyl sites for hydroxylation is 1. The van der Waals surface area contributed by atoms with Gasteiger partial charge in [-0.05, 0) is 25.5 Å². The minimum atomic E-state index is -0.996. The van der Waals surface area contributed by atoms with Gasteiger partial charge in [0.05, 0.1) is 12.2 Å². The molecule has 6 nitrogen and oxygen atoms in total. The van der Waals surface area contributed by atoms with Crippen molar-refractivity contribution in [3.63, 3.8) is 0 Å². The highest BCUT2D eigenvalue weighted by Gasteiger charge is 2.32. The van der Waals surface area contributed by atoms with E-state index in [0.717, 1.165) is 17.3 Å². The smallest absolute Gasteiger partial charge is 0.322 e. The number of amides is 2. The van der Waals surface area contributed by atoms with Crippen LogP contribution in [0.5, 0.6) is 0 Å². The van der Waals surface area contributed by atoms with Crippen LogP contribution in [0.15, 0.2) is 28.2 Å². The third-order valence-corrected chi connectivity index (χ3v) is 5.34. The van der Waals surface area contributed by atoms with Crippen LogP contribution in [-0.2, 0) is 13.0 Å². The van der Waals surface area contributed by atoms with Gasteiger partial charge in [0.1, 0.15) is 0 Å². The molecule has 4 rings (SSSR count). The summed E-state index contributed by atoms with van der Waals surface area (Å²) in [6.45, 7) is 3.64. The van der Waals surface area contributed by atoms with E-state index in [4.69, 9.17) is 4.52 Å². The van der Waals surface area contributed by atoms with Gasteiger partial charge in [-0.1, -0.05) is 5.16 Å². The molecule has 0 radical (unpaired) electrons. The molecule has 9 heteroatoms. The number of carbonyl (C=O) groups excluding carboxylic acids is 1. The first kappa shape index (κ1) is 17.6. The van der Waals surface area contributed by atoms with E-state index in [-0.39, 0.29) is 17.3 Å². The van der Waals surface area contributed by atoms with Crippen molar-refractivity contribution in [3.8, 4) is 10.8 Å². The van der Waals surface area contributed by atoms with Crippen molar-refractivity contribution in [1.82, 2.24) is 15.0 Å². The highest BCUT2D eigenvalue weighted by Crippen LogP contribution is 2.33. The first-order valence-electron chi connectivity index (χ1n) is 8.34. The van der Waals surface area contributed by atoms with Crippen LogP contribution in [0.4, 0.5) is 19.3 Å². The standard InChI is InChI=1S/C18H16F2N4O2S/c1-9-5-11(7-13(19)15(9)20)22-18(25)24-8-12-14(6-10(24)2)23-26-16(12)17-21-3-4-27-17/h3-5,7,10H,6,8H2,1-2H3,(H,22,25)/t10-/m0/s1. The van der Waals surface area contributed by atoms with Crippen molar-refractivity contribution >= 4 is 23.1 Å². The molecule has 0 saturated carbocycles. The first-order valence-corrected chi connectivity index (χ1v) is 9.22. The van der Waals surface area contributed by atoms with Gasteiger partial charge in [-0.3, -0.25) is 0 Å². The predicted octanol–water partition coefficient (Wildman–Crippen LogP) is 4.36. The van der Waals surface area contributed by atoms with E-state index in [2.05, 4.69) is 15.5 Å². The van der Waals surface area contributed by atoms with Crippen LogP contribution in [0.25, 0.3) is 10.8 Å². The molecule has 0 aliphatic carbocycles. The number of nitrogens with zero attached hydrogens (tertiary/aromatic N) is 3. The molecular formula is C18H16F2N4O2S. The second-order valence-corrected chi connectivity index (χ2v) is 7.37. The Labute approximate surface area is 157 Å². The summed E-state index contributed by atoms with van der Waals surface area (Å²) < 4.78 is 32.5. The van der Waals surface area contributed by atoms with E-state index in [1.165, 1.54) is 24.3 Å². The lowest BCUT2D eigenvalue weighted by Crippen LogP contribution is -2.44. The number of thiazole rings is 1. The number of aromatic nitrogens is 2. The fourth-order valence-corrected chi connectivity index (χ4v) is 3.79. The largest absolute Gasteiger partial charge is 0.353 e. The van der Waals surface area contributed by atoms with Gasteiger partial charge >= 0.3 is 6.03 Å². The van der Waals surface area contributed by atoms with E-state index >= 15 is 0 Å². The van der Waals surface area contributed by atoms with Gasteiger partial charge < -0.3 is 14.7 Å². The number of halogens is 2. The summed E-state index contributed by atoms with van der Waals surface area (Å²) in [4.78, 5) is 18.6. The predicted molar refractivity (Wildman–Crippen MR) is 96.4 cm³/mol. The van der Waals surface area contributed by atoms with Crippen LogP contribution in [0.2, 0.25) is 0 Å². The zero-order valence-electron chi connectivity index (χ0n) is 14.6. The Morgan fingerprint density at radius 2 is 2.22 bits per heavy atom. The molecule has 0 saturated heterocycles. The summed E-state index contributed by atoms with van der Waals surface area (Å²) >= 11 is 1.43. The molecule has 1 aliphatic heterocycles. The van der Waals surface area contributed by atoms with Crippen molar-refractivity contribution in [2.24, 2.45) is 0 Å². The Kier molecular flexibility index (Phi) is 4.39. The van der Waals surface area contributed by atoms with Gasteiger partial charge in [-0.25, -0.2) is 18.6 Å². The Morgan fingerprint density at radius 3 is 2.93 bits per heavy atom. The number of hydrogen-bond donors (Lipinski definition) is 1. The van der Waals surface area contributed by atoms with E-state index in [9.17, 15) is 13.6 Å². The molecule has 0 bridgehead atoms. The van der Waals surface area contributed by atoms with Crippen LogP contribution >= 0.6 is 11.3 Å². The zero-order valence-corrected chi connectivity index (χ0v) is 15.4. The van der Waals surface area contributed by atoms with E-state index in [0.29, 0.717) is 23.7 Å². The molecule has 27 heavy (non-hydrogen) atoms. The van der Waals surface area contributed by atoms with Gasteiger partial charge in [0.2, 0.25) is 5.76 Å². The Bertz CT molecular complexity index is 980. The molecule has 1 atom stereocenters. The van der Waals surface area contributed by atoms with E-state index in [1.807, 2.05) is 12.3 Å². The average molecular weight is 390 g/mol. The number of anilines is 1. The molecule has 3 aromatic rings. The summed E-state index contributed by atoms with van der Waals surface area (Å²) in [5.74, 6) is -1.35. The maximum absolute atomic E-state index is 13.6. The molecule has 1 N–H and O–H groups in total. The van der Waals surface area contributed by atoms with Crippen LogP contribution in [0.3, 0.4) is 0 Å². The highest BCUT2D eigenvalue weighted by molar-refractivity contribution is 7.13. The lowest BCUT2D eigenvalue weighted by Gasteiger charge is -2.32. The summed E-state index contributed by atoms with van der Waals surface area (Å²) in [5, 5.41) is 9.30. The summed E-state index contributed by atoms with van der Waals surface area (Å²) in [5.41, 5.74) is 1.96. The highest BCUT2D eigenvalue weighted by atomic mass is 32.1. The quantitative estimate of drug-likeness (QED) is 0.706. The molecule has 0 fully saturated rings. The van der Waals surface area contributed by atoms with E-state index < -0.39 is 17.7 Å². The Hall–Kier alpha value is -2.81. The number of rotatable bonds is 2. The Morgan fingerprint density at radius 1 is 1.41 bits per heavy atom. The van der Waals surface area contributed by atoms with Crippen LogP contribution < -0.4 is 5.32 Å². The maximum atomic E-state index is 13.6. The molecular weight excluding hydrogens is 374 g/mol. The van der Waals surface area contributed by atoms with Crippen LogP contribution in [-0.4, -0.2) is 27.1 Å². The number of urea groups is 1. The molecule has 1 aromatic carbocycles. The normalized spacial score (nSPS) is 16.3. The summed E-state index contributed by atoms with van der Waals surface area (Å²) in [6.07, 6.45) is 2.21. The van der Waals surface area contributed by atoms with Gasteiger partial charge in [-0.15, -0.1) is 11.3 Å². The van der Waals surface area contributed by atoms with Crippen molar-refractivity contribution in [1.29, 1.82) is 0 Å². The second-order valence-electron chi connectivity index (χ2n) is 6.47. The number of nitrogens with one attached hydrogen (secondary N) is 1.